The van der Waals surface area contributed by atoms with Gasteiger partial charge in [-0.2, -0.15) is 0 Å². The molecule has 3 aliphatic rings. The van der Waals surface area contributed by atoms with Crippen LogP contribution in [0.2, 0.25) is 0 Å². The van der Waals surface area contributed by atoms with Gasteiger partial charge in [-0.05, 0) is 52.4 Å². The number of aliphatic carboxylic acids is 1. The zero-order valence-corrected chi connectivity index (χ0v) is 37.8. The average Bonchev–Trinajstić information content (AvgIpc) is 3.21. The van der Waals surface area contributed by atoms with Crippen molar-refractivity contribution in [2.45, 2.75) is 189 Å². The van der Waals surface area contributed by atoms with Crippen LogP contribution < -0.4 is 5.73 Å². The van der Waals surface area contributed by atoms with Gasteiger partial charge in [0.05, 0.1) is 79.6 Å². The van der Waals surface area contributed by atoms with E-state index in [-0.39, 0.29) is 38.0 Å². The second kappa shape index (κ2) is 27.6. The molecule has 2 bridgehead atoms. The molecule has 0 aromatic carbocycles. The zero-order chi connectivity index (χ0) is 48.4. The van der Waals surface area contributed by atoms with Crippen LogP contribution >= 0.6 is 0 Å². The summed E-state index contributed by atoms with van der Waals surface area (Å²) in [7, 11) is 0. The SMILES string of the molecule is CC1/C=C/C=C/CCC=CC=CC=CC=CC(O[C@@H]2O[C@H](C)[C@@H](O)[C@H](N)[C@@H]2O)CC2OC(O)(CC(O)C(O)CCC(O)CC(O)CC(O)CC(=O)OC(C)C(C)C1O)CC(O)C2C(=O)O. The Morgan fingerprint density at radius 1 is 0.692 bits per heavy atom. The van der Waals surface area contributed by atoms with Gasteiger partial charge in [0.1, 0.15) is 18.1 Å². The van der Waals surface area contributed by atoms with Crippen LogP contribution in [0.3, 0.4) is 0 Å². The molecule has 18 heteroatoms. The van der Waals surface area contributed by atoms with Crippen molar-refractivity contribution in [2.24, 2.45) is 23.5 Å². The van der Waals surface area contributed by atoms with Crippen molar-refractivity contribution in [1.82, 2.24) is 0 Å². The summed E-state index contributed by atoms with van der Waals surface area (Å²) in [6.45, 7) is 6.78. The number of cyclic esters (lactones) is 1. The van der Waals surface area contributed by atoms with Crippen molar-refractivity contribution < 1.29 is 84.7 Å². The summed E-state index contributed by atoms with van der Waals surface area (Å²) < 4.78 is 23.2. The van der Waals surface area contributed by atoms with Crippen LogP contribution in [0, 0.1) is 17.8 Å². The molecule has 0 radical (unpaired) electrons. The van der Waals surface area contributed by atoms with Gasteiger partial charge in [-0.1, -0.05) is 86.8 Å². The maximum atomic E-state index is 12.6. The summed E-state index contributed by atoms with van der Waals surface area (Å²) in [5, 5.41) is 118. The van der Waals surface area contributed by atoms with Gasteiger partial charge < -0.3 is 80.9 Å². The number of hydrogen-bond donors (Lipinski definition) is 12. The standard InChI is InChI=1S/C47H75NO17/c1-27-17-15-13-11-9-7-5-6-8-10-12-14-16-18-34(64-46-44(58)41(48)43(57)30(4)63-46)24-38-40(45(59)60)37(54)26-47(61,65-38)25-36(53)35(52)20-19-31(49)21-32(50)22-33(51)23-39(55)62-29(3)28(2)42(27)56/h5-6,8,10-18,27-38,40-44,46,49-54,56-58,61H,7,9,19-26,48H2,1-4H3,(H,59,60)/b6-5?,10-8?,13-11+,14-12?,17-15+,18-16?/t27?,28?,29?,30-,31?,32?,33?,34?,35?,36?,37?,38?,40?,41+,42?,43-,44+,46+,47?/m1/s1. The minimum atomic E-state index is -2.35. The lowest BCUT2D eigenvalue weighted by molar-refractivity contribution is -0.310. The van der Waals surface area contributed by atoms with Gasteiger partial charge >= 0.3 is 11.9 Å². The van der Waals surface area contributed by atoms with Crippen molar-refractivity contribution in [3.63, 3.8) is 0 Å². The molecule has 65 heavy (non-hydrogen) atoms. The lowest BCUT2D eigenvalue weighted by Gasteiger charge is -2.45. The van der Waals surface area contributed by atoms with E-state index in [2.05, 4.69) is 0 Å². The number of carboxylic acids is 1. The number of ether oxygens (including phenoxy) is 4. The fourth-order valence-corrected chi connectivity index (χ4v) is 8.11. The minimum absolute atomic E-state index is 0.138. The molecular weight excluding hydrogens is 851 g/mol. The number of fused-ring (bicyclic) bond motifs is 2. The molecule has 19 atom stereocenters. The third-order valence-electron chi connectivity index (χ3n) is 12.2. The van der Waals surface area contributed by atoms with Gasteiger partial charge in [0, 0.05) is 31.1 Å². The number of carbonyl (C=O) groups excluding carboxylic acids is 1. The molecule has 0 aromatic rings. The second-order valence-electron chi connectivity index (χ2n) is 17.8. The predicted molar refractivity (Wildman–Crippen MR) is 237 cm³/mol. The van der Waals surface area contributed by atoms with Crippen molar-refractivity contribution in [2.75, 3.05) is 0 Å². The highest BCUT2D eigenvalue weighted by atomic mass is 16.7. The molecule has 3 rings (SSSR count). The number of rotatable bonds is 3. The molecule has 14 unspecified atom stereocenters. The Hall–Kier alpha value is -3.18. The fraction of sp³-hybridized carbons (Fsp3) is 0.702. The Bertz CT molecular complexity index is 1620. The number of nitrogens with two attached hydrogens (primary N) is 1. The van der Waals surface area contributed by atoms with Crippen LogP contribution in [-0.4, -0.2) is 166 Å². The summed E-state index contributed by atoms with van der Waals surface area (Å²) in [5.41, 5.74) is 6.02. The quantitative estimate of drug-likeness (QED) is 0.175. The molecule has 3 aliphatic heterocycles. The molecule has 13 N–H and O–H groups in total. The minimum Gasteiger partial charge on any atom is -0.481 e. The average molecular weight is 926 g/mol. The van der Waals surface area contributed by atoms with Crippen LogP contribution in [0.5, 0.6) is 0 Å². The number of carboxylic acid groups (broad SMARTS) is 1. The third-order valence-corrected chi connectivity index (χ3v) is 12.2. The summed E-state index contributed by atoms with van der Waals surface area (Å²) >= 11 is 0. The number of aliphatic hydroxyl groups excluding tert-OH is 9. The largest absolute Gasteiger partial charge is 0.481 e. The Morgan fingerprint density at radius 2 is 1.28 bits per heavy atom. The lowest BCUT2D eigenvalue weighted by atomic mass is 9.82. The van der Waals surface area contributed by atoms with E-state index in [1.54, 1.807) is 38.2 Å². The second-order valence-corrected chi connectivity index (χ2v) is 17.8. The normalized spacial score (nSPS) is 43.3. The highest BCUT2D eigenvalue weighted by molar-refractivity contribution is 5.71. The number of aliphatic hydroxyl groups is 10. The van der Waals surface area contributed by atoms with Crippen LogP contribution in [0.1, 0.15) is 91.9 Å². The molecule has 2 fully saturated rings. The first-order chi connectivity index (χ1) is 30.6. The molecular formula is C47H75NO17. The van der Waals surface area contributed by atoms with Gasteiger partial charge in [-0.15, -0.1) is 0 Å². The summed E-state index contributed by atoms with van der Waals surface area (Å²) in [5.74, 6) is -6.82. The van der Waals surface area contributed by atoms with E-state index in [0.29, 0.717) is 0 Å². The first-order valence-electron chi connectivity index (χ1n) is 22.6. The number of allylic oxidation sites excluding steroid dienone is 10. The molecule has 0 amide bonds. The first-order valence-corrected chi connectivity index (χ1v) is 22.6. The van der Waals surface area contributed by atoms with Crippen LogP contribution in [0.4, 0.5) is 0 Å². The van der Waals surface area contributed by atoms with E-state index in [1.165, 1.54) is 13.0 Å². The van der Waals surface area contributed by atoms with E-state index in [9.17, 15) is 65.8 Å². The van der Waals surface area contributed by atoms with Gasteiger partial charge in [-0.25, -0.2) is 0 Å². The van der Waals surface area contributed by atoms with Crippen molar-refractivity contribution >= 4 is 11.9 Å². The lowest BCUT2D eigenvalue weighted by Crippen LogP contribution is -2.61. The van der Waals surface area contributed by atoms with Gasteiger partial charge in [0.2, 0.25) is 0 Å². The molecule has 0 aromatic heterocycles. The summed E-state index contributed by atoms with van der Waals surface area (Å²) in [4.78, 5) is 25.1. The molecule has 18 nitrogen and oxygen atoms in total. The molecule has 0 saturated carbocycles. The Balaban J connectivity index is 1.84. The van der Waals surface area contributed by atoms with Crippen molar-refractivity contribution in [3.05, 3.63) is 72.9 Å². The molecule has 2 saturated heterocycles. The Morgan fingerprint density at radius 3 is 1.94 bits per heavy atom. The summed E-state index contributed by atoms with van der Waals surface area (Å²) in [6, 6.07) is -1.14. The number of esters is 1. The maximum Gasteiger partial charge on any atom is 0.311 e. The third kappa shape index (κ3) is 18.8. The van der Waals surface area contributed by atoms with E-state index in [1.807, 2.05) is 49.5 Å². The van der Waals surface area contributed by atoms with Crippen LogP contribution in [0.15, 0.2) is 72.9 Å². The van der Waals surface area contributed by atoms with E-state index < -0.39 is 141 Å². The monoisotopic (exact) mass is 926 g/mol. The van der Waals surface area contributed by atoms with E-state index in [4.69, 9.17) is 24.7 Å². The van der Waals surface area contributed by atoms with Crippen molar-refractivity contribution in [3.8, 4) is 0 Å². The smallest absolute Gasteiger partial charge is 0.311 e. The highest BCUT2D eigenvalue weighted by Gasteiger charge is 2.51. The molecule has 0 spiro atoms. The van der Waals surface area contributed by atoms with Gasteiger partial charge in [0.15, 0.2) is 12.1 Å². The maximum absolute atomic E-state index is 12.6. The predicted octanol–water partition coefficient (Wildman–Crippen LogP) is 0.936. The molecule has 0 aliphatic carbocycles. The molecule has 3 heterocycles. The summed E-state index contributed by atoms with van der Waals surface area (Å²) in [6.07, 6.45) is 2.28. The number of carbonyl (C=O) groups is 2. The van der Waals surface area contributed by atoms with Gasteiger partial charge in [0.25, 0.3) is 0 Å². The van der Waals surface area contributed by atoms with E-state index >= 15 is 0 Å². The molecule has 370 valence electrons. The van der Waals surface area contributed by atoms with Crippen LogP contribution in [0.25, 0.3) is 0 Å². The fourth-order valence-electron chi connectivity index (χ4n) is 8.11. The van der Waals surface area contributed by atoms with Crippen molar-refractivity contribution in [1.29, 1.82) is 0 Å². The zero-order valence-electron chi connectivity index (χ0n) is 37.8. The number of hydrogen-bond acceptors (Lipinski definition) is 17. The van der Waals surface area contributed by atoms with Gasteiger partial charge in [-0.3, -0.25) is 9.59 Å². The Kier molecular flexibility index (Phi) is 23.8. The van der Waals surface area contributed by atoms with Crippen LogP contribution in [-0.2, 0) is 28.5 Å². The highest BCUT2D eigenvalue weighted by Crippen LogP contribution is 2.38. The Labute approximate surface area is 381 Å². The topological polar surface area (TPSA) is 320 Å². The first kappa shape index (κ1) is 56.1. The van der Waals surface area contributed by atoms with E-state index in [0.717, 1.165) is 12.8 Å².